The first-order valence-electron chi connectivity index (χ1n) is 8.17. The molecule has 0 radical (unpaired) electrons. The van der Waals surface area contributed by atoms with Crippen LogP contribution in [0.25, 0.3) is 11.0 Å². The van der Waals surface area contributed by atoms with Gasteiger partial charge >= 0.3 is 0 Å². The lowest BCUT2D eigenvalue weighted by Gasteiger charge is -2.08. The van der Waals surface area contributed by atoms with Crippen LogP contribution >= 0.6 is 34.8 Å². The van der Waals surface area contributed by atoms with E-state index in [0.717, 1.165) is 0 Å². The van der Waals surface area contributed by atoms with Gasteiger partial charge in [-0.1, -0.05) is 40.9 Å². The zero-order valence-corrected chi connectivity index (χ0v) is 16.7. The van der Waals surface area contributed by atoms with E-state index in [1.807, 2.05) is 0 Å². The maximum Gasteiger partial charge on any atom is 0.276 e. The molecule has 2 aromatic carbocycles. The molecule has 8 nitrogen and oxygen atoms in total. The van der Waals surface area contributed by atoms with Crippen LogP contribution in [0.4, 0.5) is 11.6 Å². The van der Waals surface area contributed by atoms with E-state index in [0.29, 0.717) is 16.1 Å². The molecule has 0 unspecified atom stereocenters. The second kappa shape index (κ2) is 7.75. The second-order valence-corrected chi connectivity index (χ2v) is 7.13. The molecule has 0 spiro atoms. The SMILES string of the molecule is O=C(Nc1c(Cl)cccc1Cl)c1nc[nH]c1C(=O)Nc1nc2ccc(Cl)cc2[nH]1. The lowest BCUT2D eigenvalue weighted by molar-refractivity contribution is 0.0985. The first-order valence-corrected chi connectivity index (χ1v) is 9.31. The number of hydrogen-bond donors (Lipinski definition) is 4. The average molecular weight is 450 g/mol. The van der Waals surface area contributed by atoms with Gasteiger partial charge in [-0.25, -0.2) is 9.97 Å². The van der Waals surface area contributed by atoms with E-state index in [4.69, 9.17) is 34.8 Å². The van der Waals surface area contributed by atoms with Crippen LogP contribution in [-0.4, -0.2) is 31.8 Å². The van der Waals surface area contributed by atoms with Crippen LogP contribution in [0.2, 0.25) is 15.1 Å². The quantitative estimate of drug-likeness (QED) is 0.360. The van der Waals surface area contributed by atoms with Crippen molar-refractivity contribution in [2.75, 3.05) is 10.6 Å². The first kappa shape index (κ1) is 19.3. The summed E-state index contributed by atoms with van der Waals surface area (Å²) in [5, 5.41) is 6.20. The Hall–Kier alpha value is -3.07. The molecule has 0 aliphatic rings. The maximum atomic E-state index is 12.6. The highest BCUT2D eigenvalue weighted by Crippen LogP contribution is 2.30. The molecule has 0 atom stereocenters. The number of imidazole rings is 2. The lowest BCUT2D eigenvalue weighted by Crippen LogP contribution is -2.21. The van der Waals surface area contributed by atoms with E-state index in [2.05, 4.69) is 30.6 Å². The number of carbonyl (C=O) groups excluding carboxylic acids is 2. The van der Waals surface area contributed by atoms with E-state index >= 15 is 0 Å². The summed E-state index contributed by atoms with van der Waals surface area (Å²) in [6.45, 7) is 0. The number of aromatic nitrogens is 4. The van der Waals surface area contributed by atoms with Crippen LogP contribution in [0.1, 0.15) is 21.0 Å². The van der Waals surface area contributed by atoms with Gasteiger partial charge in [0.15, 0.2) is 5.69 Å². The molecule has 0 fully saturated rings. The van der Waals surface area contributed by atoms with Crippen molar-refractivity contribution in [3.8, 4) is 0 Å². The third-order valence-electron chi connectivity index (χ3n) is 3.96. The third-order valence-corrected chi connectivity index (χ3v) is 4.82. The summed E-state index contributed by atoms with van der Waals surface area (Å²) in [5.74, 6) is -1.06. The average Bonchev–Trinajstić information content (AvgIpc) is 3.31. The van der Waals surface area contributed by atoms with E-state index in [1.165, 1.54) is 6.33 Å². The number of amides is 2. The molecule has 0 aliphatic carbocycles. The van der Waals surface area contributed by atoms with Crippen molar-refractivity contribution in [2.24, 2.45) is 0 Å². The maximum absolute atomic E-state index is 12.6. The number of halogens is 3. The van der Waals surface area contributed by atoms with Gasteiger partial charge in [-0.05, 0) is 30.3 Å². The number of hydrogen-bond acceptors (Lipinski definition) is 4. The molecule has 0 saturated heterocycles. The molecule has 11 heteroatoms. The minimum absolute atomic E-state index is 0.0517. The van der Waals surface area contributed by atoms with E-state index < -0.39 is 11.8 Å². The topological polar surface area (TPSA) is 116 Å². The van der Waals surface area contributed by atoms with Gasteiger partial charge in [0.05, 0.1) is 33.1 Å². The summed E-state index contributed by atoms with van der Waals surface area (Å²) in [6.07, 6.45) is 1.23. The monoisotopic (exact) mass is 448 g/mol. The minimum atomic E-state index is -0.650. The van der Waals surface area contributed by atoms with Gasteiger partial charge in [-0.3, -0.25) is 14.9 Å². The summed E-state index contributed by atoms with van der Waals surface area (Å²) in [4.78, 5) is 39.0. The standard InChI is InChI=1S/C18H11Cl3N6O2/c19-8-4-5-11-12(6-8)25-18(24-11)27-17(29)15-14(22-7-23-15)16(28)26-13-9(20)2-1-3-10(13)21/h1-7H,(H,22,23)(H,26,28)(H2,24,25,27,29). The van der Waals surface area contributed by atoms with Crippen molar-refractivity contribution in [1.82, 2.24) is 19.9 Å². The van der Waals surface area contributed by atoms with Gasteiger partial charge < -0.3 is 15.3 Å². The number of H-pyrrole nitrogens is 2. The Morgan fingerprint density at radius 3 is 2.48 bits per heavy atom. The first-order chi connectivity index (χ1) is 13.9. The molecule has 4 aromatic rings. The van der Waals surface area contributed by atoms with Crippen molar-refractivity contribution in [3.05, 3.63) is 69.2 Å². The molecular weight excluding hydrogens is 439 g/mol. The van der Waals surface area contributed by atoms with Crippen LogP contribution in [0, 0.1) is 0 Å². The Kier molecular flexibility index (Phi) is 5.14. The van der Waals surface area contributed by atoms with Crippen molar-refractivity contribution >= 4 is 69.3 Å². The number of para-hydroxylation sites is 1. The number of fused-ring (bicyclic) bond motifs is 1. The molecule has 2 heterocycles. The summed E-state index contributed by atoms with van der Waals surface area (Å²) in [5.41, 5.74) is 1.33. The van der Waals surface area contributed by atoms with E-state index in [1.54, 1.807) is 36.4 Å². The van der Waals surface area contributed by atoms with Crippen molar-refractivity contribution in [2.45, 2.75) is 0 Å². The molecule has 2 amide bonds. The Balaban J connectivity index is 1.56. The summed E-state index contributed by atoms with van der Waals surface area (Å²) in [6, 6.07) is 9.89. The van der Waals surface area contributed by atoms with Crippen LogP contribution in [-0.2, 0) is 0 Å². The highest BCUT2D eigenvalue weighted by molar-refractivity contribution is 6.40. The smallest absolute Gasteiger partial charge is 0.276 e. The summed E-state index contributed by atoms with van der Waals surface area (Å²) < 4.78 is 0. The number of carbonyl (C=O) groups is 2. The van der Waals surface area contributed by atoms with Crippen molar-refractivity contribution in [1.29, 1.82) is 0 Å². The molecule has 0 aliphatic heterocycles. The van der Waals surface area contributed by atoms with Crippen LogP contribution in [0.3, 0.4) is 0 Å². The molecule has 146 valence electrons. The molecule has 4 rings (SSSR count). The number of aromatic amines is 2. The van der Waals surface area contributed by atoms with Crippen molar-refractivity contribution < 1.29 is 9.59 Å². The number of nitrogens with zero attached hydrogens (tertiary/aromatic N) is 2. The summed E-state index contributed by atoms with van der Waals surface area (Å²) >= 11 is 18.1. The minimum Gasteiger partial charge on any atom is -0.340 e. The molecule has 0 saturated carbocycles. The summed E-state index contributed by atoms with van der Waals surface area (Å²) in [7, 11) is 0. The van der Waals surface area contributed by atoms with Gasteiger partial charge in [-0.2, -0.15) is 0 Å². The number of anilines is 2. The normalized spacial score (nSPS) is 10.9. The molecule has 2 aromatic heterocycles. The zero-order valence-electron chi connectivity index (χ0n) is 14.4. The Labute approximate surface area is 178 Å². The van der Waals surface area contributed by atoms with Gasteiger partial charge in [0.1, 0.15) is 5.69 Å². The number of rotatable bonds is 4. The van der Waals surface area contributed by atoms with Crippen molar-refractivity contribution in [3.63, 3.8) is 0 Å². The largest absolute Gasteiger partial charge is 0.340 e. The highest BCUT2D eigenvalue weighted by Gasteiger charge is 2.22. The highest BCUT2D eigenvalue weighted by atomic mass is 35.5. The molecule has 29 heavy (non-hydrogen) atoms. The van der Waals surface area contributed by atoms with Gasteiger partial charge in [0.25, 0.3) is 11.8 Å². The fourth-order valence-corrected chi connectivity index (χ4v) is 3.30. The van der Waals surface area contributed by atoms with Crippen LogP contribution in [0.5, 0.6) is 0 Å². The molecular formula is C18H11Cl3N6O2. The fraction of sp³-hybridized carbons (Fsp3) is 0. The van der Waals surface area contributed by atoms with E-state index in [-0.39, 0.29) is 33.1 Å². The molecule has 0 bridgehead atoms. The third kappa shape index (κ3) is 3.91. The predicted octanol–water partition coefficient (Wildman–Crippen LogP) is 4.75. The van der Waals surface area contributed by atoms with Crippen LogP contribution in [0.15, 0.2) is 42.7 Å². The Bertz CT molecular complexity index is 1230. The Morgan fingerprint density at radius 2 is 1.72 bits per heavy atom. The Morgan fingerprint density at radius 1 is 0.966 bits per heavy atom. The van der Waals surface area contributed by atoms with Gasteiger partial charge in [0, 0.05) is 5.02 Å². The number of nitrogens with one attached hydrogen (secondary N) is 4. The molecule has 4 N–H and O–H groups in total. The van der Waals surface area contributed by atoms with Gasteiger partial charge in [-0.15, -0.1) is 0 Å². The number of benzene rings is 2. The fourth-order valence-electron chi connectivity index (χ4n) is 2.64. The predicted molar refractivity (Wildman–Crippen MR) is 112 cm³/mol. The lowest BCUT2D eigenvalue weighted by atomic mass is 10.2. The van der Waals surface area contributed by atoms with Gasteiger partial charge in [0.2, 0.25) is 5.95 Å². The second-order valence-electron chi connectivity index (χ2n) is 5.88. The van der Waals surface area contributed by atoms with E-state index in [9.17, 15) is 9.59 Å². The van der Waals surface area contributed by atoms with Crippen LogP contribution < -0.4 is 10.6 Å². The zero-order chi connectivity index (χ0) is 20.5.